The zero-order chi connectivity index (χ0) is 24.6. The van der Waals surface area contributed by atoms with Crippen LogP contribution in [0.1, 0.15) is 47.4 Å². The Labute approximate surface area is 198 Å². The number of benzene rings is 2. The van der Waals surface area contributed by atoms with Crippen LogP contribution in [0.15, 0.2) is 42.5 Å². The fourth-order valence-corrected chi connectivity index (χ4v) is 4.78. The Bertz CT molecular complexity index is 1230. The predicted molar refractivity (Wildman–Crippen MR) is 116 cm³/mol. The summed E-state index contributed by atoms with van der Waals surface area (Å²) in [6.07, 6.45) is -1.52. The molecule has 1 saturated carbocycles. The number of hydrogen-bond donors (Lipinski definition) is 1. The van der Waals surface area contributed by atoms with Gasteiger partial charge >= 0.3 is 6.18 Å². The molecule has 35 heavy (non-hydrogen) atoms. The van der Waals surface area contributed by atoms with E-state index in [0.29, 0.717) is 29.4 Å². The van der Waals surface area contributed by atoms with Crippen LogP contribution in [-0.2, 0) is 11.6 Å². The predicted octanol–water partition coefficient (Wildman–Crippen LogP) is 4.44. The molecule has 1 fully saturated rings. The van der Waals surface area contributed by atoms with Crippen LogP contribution in [0.5, 0.6) is 11.5 Å². The number of halogens is 4. The van der Waals surface area contributed by atoms with Crippen molar-refractivity contribution < 1.29 is 31.8 Å². The number of amides is 1. The van der Waals surface area contributed by atoms with Gasteiger partial charge < -0.3 is 14.8 Å². The summed E-state index contributed by atoms with van der Waals surface area (Å²) in [5.41, 5.74) is -1.73. The fraction of sp³-hybridized carbons (Fsp3) is 0.375. The molecule has 184 valence electrons. The first-order valence-corrected chi connectivity index (χ1v) is 11.2. The third kappa shape index (κ3) is 4.42. The van der Waals surface area contributed by atoms with Crippen LogP contribution in [0, 0.1) is 5.82 Å². The van der Waals surface area contributed by atoms with Gasteiger partial charge in [-0.1, -0.05) is 24.1 Å². The van der Waals surface area contributed by atoms with Crippen molar-refractivity contribution in [1.29, 1.82) is 0 Å². The van der Waals surface area contributed by atoms with Crippen LogP contribution in [0.25, 0.3) is 5.69 Å². The van der Waals surface area contributed by atoms with E-state index < -0.39 is 34.7 Å². The van der Waals surface area contributed by atoms with Gasteiger partial charge in [0.2, 0.25) is 0 Å². The lowest BCUT2D eigenvalue weighted by molar-refractivity contribution is -0.143. The van der Waals surface area contributed by atoms with Gasteiger partial charge in [-0.3, -0.25) is 4.79 Å². The number of aromatic nitrogens is 3. The van der Waals surface area contributed by atoms with Gasteiger partial charge in [0.15, 0.2) is 22.9 Å². The number of nitrogens with zero attached hydrogens (tertiary/aromatic N) is 3. The monoisotopic (exact) mass is 490 g/mol. The second-order valence-electron chi connectivity index (χ2n) is 8.70. The number of rotatable bonds is 5. The van der Waals surface area contributed by atoms with E-state index >= 15 is 0 Å². The van der Waals surface area contributed by atoms with E-state index in [-0.39, 0.29) is 12.2 Å². The molecule has 2 aliphatic rings. The Kier molecular flexibility index (Phi) is 5.86. The van der Waals surface area contributed by atoms with Crippen molar-refractivity contribution in [3.8, 4) is 17.2 Å². The minimum absolute atomic E-state index is 0.0613. The average molecular weight is 490 g/mol. The van der Waals surface area contributed by atoms with Gasteiger partial charge in [0.1, 0.15) is 19.0 Å². The third-order valence-electron chi connectivity index (χ3n) is 6.53. The van der Waals surface area contributed by atoms with Gasteiger partial charge in [-0.05, 0) is 54.8 Å². The third-order valence-corrected chi connectivity index (χ3v) is 6.53. The molecule has 0 spiro atoms. The van der Waals surface area contributed by atoms with Gasteiger partial charge in [-0.25, -0.2) is 9.07 Å². The maximum atomic E-state index is 13.9. The molecule has 1 aliphatic carbocycles. The minimum Gasteiger partial charge on any atom is -0.486 e. The molecular formula is C24H22F4N4O3. The lowest BCUT2D eigenvalue weighted by atomic mass is 9.78. The lowest BCUT2D eigenvalue weighted by Crippen LogP contribution is -2.40. The number of ether oxygens (including phenoxy) is 2. The van der Waals surface area contributed by atoms with Crippen LogP contribution in [0.2, 0.25) is 0 Å². The van der Waals surface area contributed by atoms with Gasteiger partial charge in [-0.15, -0.1) is 5.10 Å². The normalized spacial score (nSPS) is 16.8. The van der Waals surface area contributed by atoms with Crippen molar-refractivity contribution in [1.82, 2.24) is 20.3 Å². The van der Waals surface area contributed by atoms with E-state index in [0.717, 1.165) is 55.5 Å². The second-order valence-corrected chi connectivity index (χ2v) is 8.70. The van der Waals surface area contributed by atoms with E-state index in [9.17, 15) is 22.4 Å². The molecule has 1 N–H and O–H groups in total. The highest BCUT2D eigenvalue weighted by molar-refractivity contribution is 5.93. The van der Waals surface area contributed by atoms with Crippen molar-refractivity contribution >= 4 is 5.91 Å². The summed E-state index contributed by atoms with van der Waals surface area (Å²) >= 11 is 0. The number of hydrogen-bond acceptors (Lipinski definition) is 5. The molecule has 1 aromatic heterocycles. The maximum absolute atomic E-state index is 13.9. The summed E-state index contributed by atoms with van der Waals surface area (Å²) in [4.78, 5) is 12.9. The molecule has 7 nitrogen and oxygen atoms in total. The van der Waals surface area contributed by atoms with Crippen molar-refractivity contribution in [2.24, 2.45) is 0 Å². The summed E-state index contributed by atoms with van der Waals surface area (Å²) in [5, 5.41) is 9.73. The Morgan fingerprint density at radius 2 is 1.71 bits per heavy atom. The zero-order valence-corrected chi connectivity index (χ0v) is 18.6. The number of nitrogens with one attached hydrogen (secondary N) is 1. The van der Waals surface area contributed by atoms with Crippen molar-refractivity contribution in [2.75, 3.05) is 19.8 Å². The van der Waals surface area contributed by atoms with Crippen LogP contribution >= 0.6 is 0 Å². The summed E-state index contributed by atoms with van der Waals surface area (Å²) in [5.74, 6) is -0.326. The standard InChI is InChI=1S/C24H22F4N4O3/c25-16-4-6-17(7-5-16)32-21(24(26,27)28)20(30-31-32)22(33)29-14-23(9-1-2-10-23)15-3-8-18-19(13-15)35-12-11-34-18/h3-8,13H,1-2,9-12,14H2,(H,29,33). The van der Waals surface area contributed by atoms with Crippen LogP contribution in [0.3, 0.4) is 0 Å². The lowest BCUT2D eigenvalue weighted by Gasteiger charge is -2.31. The molecule has 2 heterocycles. The number of carbonyl (C=O) groups is 1. The number of carbonyl (C=O) groups excluding carboxylic acids is 1. The molecule has 2 aromatic carbocycles. The van der Waals surface area contributed by atoms with Gasteiger partial charge in [0.25, 0.3) is 5.91 Å². The van der Waals surface area contributed by atoms with E-state index in [1.807, 2.05) is 18.2 Å². The molecule has 0 bridgehead atoms. The summed E-state index contributed by atoms with van der Waals surface area (Å²) in [6, 6.07) is 9.91. The second kappa shape index (κ2) is 8.86. The summed E-state index contributed by atoms with van der Waals surface area (Å²) < 4.78 is 66.8. The largest absolute Gasteiger partial charge is 0.486 e. The topological polar surface area (TPSA) is 78.3 Å². The number of fused-ring (bicyclic) bond motifs is 1. The van der Waals surface area contributed by atoms with E-state index in [4.69, 9.17) is 9.47 Å². The highest BCUT2D eigenvalue weighted by Gasteiger charge is 2.43. The molecule has 3 aromatic rings. The SMILES string of the molecule is O=C(NCC1(c2ccc3c(c2)OCCO3)CCCC1)c1nnn(-c2ccc(F)cc2)c1C(F)(F)F. The summed E-state index contributed by atoms with van der Waals surface area (Å²) in [6.45, 7) is 1.03. The maximum Gasteiger partial charge on any atom is 0.435 e. The zero-order valence-electron chi connectivity index (χ0n) is 18.6. The first kappa shape index (κ1) is 23.1. The first-order chi connectivity index (χ1) is 16.8. The van der Waals surface area contributed by atoms with Gasteiger partial charge in [-0.2, -0.15) is 13.2 Å². The quantitative estimate of drug-likeness (QED) is 0.535. The van der Waals surface area contributed by atoms with Crippen molar-refractivity contribution in [3.05, 3.63) is 65.2 Å². The van der Waals surface area contributed by atoms with Crippen LogP contribution < -0.4 is 14.8 Å². The fourth-order valence-electron chi connectivity index (χ4n) is 4.78. The Morgan fingerprint density at radius 1 is 1.03 bits per heavy atom. The highest BCUT2D eigenvalue weighted by atomic mass is 19.4. The van der Waals surface area contributed by atoms with Crippen LogP contribution in [-0.4, -0.2) is 40.7 Å². The molecule has 11 heteroatoms. The van der Waals surface area contributed by atoms with E-state index in [2.05, 4.69) is 15.6 Å². The van der Waals surface area contributed by atoms with E-state index in [1.54, 1.807) is 0 Å². The molecule has 0 radical (unpaired) electrons. The van der Waals surface area contributed by atoms with Crippen molar-refractivity contribution in [2.45, 2.75) is 37.3 Å². The Morgan fingerprint density at radius 3 is 2.40 bits per heavy atom. The van der Waals surface area contributed by atoms with Gasteiger partial charge in [0, 0.05) is 12.0 Å². The van der Waals surface area contributed by atoms with Crippen molar-refractivity contribution in [3.63, 3.8) is 0 Å². The molecular weight excluding hydrogens is 468 g/mol. The smallest absolute Gasteiger partial charge is 0.435 e. The number of alkyl halides is 3. The van der Waals surface area contributed by atoms with Gasteiger partial charge in [0.05, 0.1) is 5.69 Å². The highest BCUT2D eigenvalue weighted by Crippen LogP contribution is 2.44. The Balaban J connectivity index is 1.42. The molecule has 5 rings (SSSR count). The van der Waals surface area contributed by atoms with E-state index in [1.165, 1.54) is 0 Å². The van der Waals surface area contributed by atoms with Crippen LogP contribution in [0.4, 0.5) is 17.6 Å². The Hall–Kier alpha value is -3.63. The molecule has 1 amide bonds. The first-order valence-electron chi connectivity index (χ1n) is 11.2. The minimum atomic E-state index is -4.91. The molecule has 0 saturated heterocycles. The molecule has 0 atom stereocenters. The average Bonchev–Trinajstić information content (AvgIpc) is 3.51. The summed E-state index contributed by atoms with van der Waals surface area (Å²) in [7, 11) is 0. The molecule has 1 aliphatic heterocycles. The molecule has 0 unspecified atom stereocenters.